The lowest BCUT2D eigenvalue weighted by molar-refractivity contribution is -0.150. The molecule has 27 heavy (non-hydrogen) atoms. The fourth-order valence-electron chi connectivity index (χ4n) is 2.78. The van der Waals surface area contributed by atoms with Crippen molar-refractivity contribution >= 4 is 45.4 Å². The van der Waals surface area contributed by atoms with E-state index in [-0.39, 0.29) is 29.4 Å². The highest BCUT2D eigenvalue weighted by atomic mass is 32.2. The van der Waals surface area contributed by atoms with Crippen LogP contribution in [-0.2, 0) is 33.8 Å². The molecule has 2 aliphatic heterocycles. The number of carboxylic acid groups (broad SMARTS) is 1. The molecule has 150 valence electrons. The number of esters is 1. The van der Waals surface area contributed by atoms with Crippen LogP contribution in [0, 0.1) is 0 Å². The first-order valence-electron chi connectivity index (χ1n) is 8.10. The number of carboxylic acids is 1. The van der Waals surface area contributed by atoms with Crippen molar-refractivity contribution in [2.24, 2.45) is 0 Å². The first kappa shape index (κ1) is 21.2. The van der Waals surface area contributed by atoms with Crippen LogP contribution in [0.2, 0.25) is 0 Å². The van der Waals surface area contributed by atoms with E-state index in [0.717, 1.165) is 4.90 Å². The predicted molar refractivity (Wildman–Crippen MR) is 95.3 cm³/mol. The Morgan fingerprint density at radius 1 is 1.37 bits per heavy atom. The molecule has 1 saturated heterocycles. The molecule has 0 aliphatic carbocycles. The van der Waals surface area contributed by atoms with E-state index in [2.05, 4.69) is 5.32 Å². The average molecular weight is 420 g/mol. The van der Waals surface area contributed by atoms with Crippen LogP contribution in [0.5, 0.6) is 0 Å². The molecule has 2 atom stereocenters. The van der Waals surface area contributed by atoms with Gasteiger partial charge >= 0.3 is 11.9 Å². The Morgan fingerprint density at radius 2 is 2.04 bits per heavy atom. The van der Waals surface area contributed by atoms with E-state index in [0.29, 0.717) is 6.42 Å². The maximum atomic E-state index is 12.4. The number of nitrogens with zero attached hydrogens (tertiary/aromatic N) is 1. The maximum absolute atomic E-state index is 12.4. The van der Waals surface area contributed by atoms with Crippen LogP contribution < -0.4 is 5.32 Å². The number of sulfone groups is 1. The van der Waals surface area contributed by atoms with Crippen LogP contribution >= 0.6 is 11.8 Å². The minimum Gasteiger partial charge on any atom is -0.477 e. The second-order valence-corrected chi connectivity index (χ2v) is 9.37. The van der Waals surface area contributed by atoms with Crippen molar-refractivity contribution in [2.75, 3.05) is 23.9 Å². The molecule has 10 nitrogen and oxygen atoms in total. The number of rotatable bonds is 8. The quantitative estimate of drug-likeness (QED) is 0.377. The zero-order valence-electron chi connectivity index (χ0n) is 14.8. The van der Waals surface area contributed by atoms with Crippen LogP contribution in [0.4, 0.5) is 0 Å². The summed E-state index contributed by atoms with van der Waals surface area (Å²) in [5.74, 6) is -4.02. The summed E-state index contributed by atoms with van der Waals surface area (Å²) < 4.78 is 28.3. The number of carbonyl (C=O) groups excluding carboxylic acids is 3. The molecule has 12 heteroatoms. The highest BCUT2D eigenvalue weighted by molar-refractivity contribution is 8.00. The van der Waals surface area contributed by atoms with E-state index >= 15 is 0 Å². The number of hydrogen-bond acceptors (Lipinski definition) is 8. The van der Waals surface area contributed by atoms with Crippen LogP contribution in [0.1, 0.15) is 20.3 Å². The standard InChI is InChI=1S/C15H20N2O8S2/c1-3-4-27(23,24)7-10(19)16-11-13(20)17-12(15(21)22)9(5-25-8(2)18)6-26-14(11)17/h11,14H,3-7H2,1-2H3,(H,16,19)(H,21,22)/t11-,14-/m1/s1. The van der Waals surface area contributed by atoms with Crippen LogP contribution in [-0.4, -0.2) is 77.5 Å². The number of β-lactam (4-membered cyclic amide) rings is 1. The van der Waals surface area contributed by atoms with Gasteiger partial charge in [0.1, 0.15) is 29.5 Å². The molecular weight excluding hydrogens is 400 g/mol. The number of aliphatic carboxylic acids is 1. The van der Waals surface area contributed by atoms with Crippen LogP contribution in [0.15, 0.2) is 11.3 Å². The minimum atomic E-state index is -3.55. The summed E-state index contributed by atoms with van der Waals surface area (Å²) in [4.78, 5) is 47.9. The lowest BCUT2D eigenvalue weighted by Gasteiger charge is -2.49. The van der Waals surface area contributed by atoms with E-state index in [1.807, 2.05) is 0 Å². The molecule has 2 heterocycles. The van der Waals surface area contributed by atoms with E-state index in [1.165, 1.54) is 18.7 Å². The number of fused-ring (bicyclic) bond motifs is 1. The monoisotopic (exact) mass is 420 g/mol. The Labute approximate surface area is 160 Å². The summed E-state index contributed by atoms with van der Waals surface area (Å²) in [5, 5.41) is 11.1. The molecule has 2 N–H and O–H groups in total. The van der Waals surface area contributed by atoms with Crippen molar-refractivity contribution in [1.29, 1.82) is 0 Å². The van der Waals surface area contributed by atoms with Crippen LogP contribution in [0.25, 0.3) is 0 Å². The third-order valence-corrected chi connectivity index (χ3v) is 6.95. The molecule has 1 fully saturated rings. The molecule has 2 rings (SSSR count). The summed E-state index contributed by atoms with van der Waals surface area (Å²) in [7, 11) is -3.55. The van der Waals surface area contributed by atoms with Gasteiger partial charge in [0.2, 0.25) is 5.91 Å². The number of nitrogens with one attached hydrogen (secondary N) is 1. The molecule has 0 saturated carbocycles. The SMILES string of the molecule is CCCS(=O)(=O)CC(=O)N[C@@H]1C(=O)N2C(C(=O)O)=C(COC(C)=O)CS[C@H]12. The average Bonchev–Trinajstić information content (AvgIpc) is 2.56. The fraction of sp³-hybridized carbons (Fsp3) is 0.600. The van der Waals surface area contributed by atoms with Crippen molar-refractivity contribution in [1.82, 2.24) is 10.2 Å². The molecular formula is C15H20N2O8S2. The number of amides is 2. The largest absolute Gasteiger partial charge is 0.477 e. The molecule has 0 aromatic carbocycles. The lowest BCUT2D eigenvalue weighted by atomic mass is 10.0. The third-order valence-electron chi connectivity index (χ3n) is 3.88. The molecule has 0 aromatic rings. The van der Waals surface area contributed by atoms with Gasteiger partial charge in [-0.05, 0) is 6.42 Å². The number of thioether (sulfide) groups is 1. The van der Waals surface area contributed by atoms with Gasteiger partial charge in [-0.2, -0.15) is 0 Å². The zero-order chi connectivity index (χ0) is 20.4. The topological polar surface area (TPSA) is 147 Å². The summed E-state index contributed by atoms with van der Waals surface area (Å²) in [6.45, 7) is 2.62. The molecule has 0 radical (unpaired) electrons. The summed E-state index contributed by atoms with van der Waals surface area (Å²) in [5.41, 5.74) is 0.0108. The first-order chi connectivity index (χ1) is 12.6. The molecule has 2 aliphatic rings. The molecule has 0 unspecified atom stereocenters. The van der Waals surface area contributed by atoms with Gasteiger partial charge in [0.05, 0.1) is 5.75 Å². The van der Waals surface area contributed by atoms with Gasteiger partial charge < -0.3 is 15.2 Å². The first-order valence-corrected chi connectivity index (χ1v) is 11.0. The predicted octanol–water partition coefficient (Wildman–Crippen LogP) is -0.887. The van der Waals surface area contributed by atoms with Gasteiger partial charge in [-0.15, -0.1) is 11.8 Å². The smallest absolute Gasteiger partial charge is 0.352 e. The van der Waals surface area contributed by atoms with Gasteiger partial charge in [0.25, 0.3) is 5.91 Å². The van der Waals surface area contributed by atoms with E-state index in [4.69, 9.17) is 4.74 Å². The molecule has 2 amide bonds. The minimum absolute atomic E-state index is 0.130. The van der Waals surface area contributed by atoms with Crippen molar-refractivity contribution in [3.63, 3.8) is 0 Å². The molecule has 0 spiro atoms. The molecule has 0 aromatic heterocycles. The Morgan fingerprint density at radius 3 is 2.59 bits per heavy atom. The number of carbonyl (C=O) groups is 4. The van der Waals surface area contributed by atoms with E-state index in [1.54, 1.807) is 6.92 Å². The number of hydrogen-bond donors (Lipinski definition) is 2. The Balaban J connectivity index is 2.09. The van der Waals surface area contributed by atoms with Crippen molar-refractivity contribution < 1.29 is 37.4 Å². The van der Waals surface area contributed by atoms with E-state index in [9.17, 15) is 32.7 Å². The Bertz CT molecular complexity index is 805. The van der Waals surface area contributed by atoms with Gasteiger partial charge in [-0.25, -0.2) is 13.2 Å². The second-order valence-electron chi connectivity index (χ2n) is 6.08. The normalized spacial score (nSPS) is 22.0. The fourth-order valence-corrected chi connectivity index (χ4v) is 5.36. The second kappa shape index (κ2) is 8.30. The zero-order valence-corrected chi connectivity index (χ0v) is 16.4. The highest BCUT2D eigenvalue weighted by Gasteiger charge is 2.54. The van der Waals surface area contributed by atoms with Gasteiger partial charge in [0, 0.05) is 18.2 Å². The van der Waals surface area contributed by atoms with Crippen molar-refractivity contribution in [2.45, 2.75) is 31.7 Å². The van der Waals surface area contributed by atoms with Crippen molar-refractivity contribution in [3.8, 4) is 0 Å². The van der Waals surface area contributed by atoms with Crippen molar-refractivity contribution in [3.05, 3.63) is 11.3 Å². The van der Waals surface area contributed by atoms with E-state index < -0.39 is 50.8 Å². The van der Waals surface area contributed by atoms with Gasteiger partial charge in [-0.3, -0.25) is 19.3 Å². The molecule has 0 bridgehead atoms. The Kier molecular flexibility index (Phi) is 6.52. The lowest BCUT2D eigenvalue weighted by Crippen LogP contribution is -2.71. The Hall–Kier alpha value is -2.08. The third kappa shape index (κ3) is 4.80. The number of ether oxygens (including phenoxy) is 1. The van der Waals surface area contributed by atoms with Crippen LogP contribution in [0.3, 0.4) is 0 Å². The summed E-state index contributed by atoms with van der Waals surface area (Å²) in [6.07, 6.45) is 0.377. The van der Waals surface area contributed by atoms with Gasteiger partial charge in [-0.1, -0.05) is 6.92 Å². The summed E-state index contributed by atoms with van der Waals surface area (Å²) >= 11 is 1.20. The summed E-state index contributed by atoms with van der Waals surface area (Å²) in [6, 6.07) is -0.996. The highest BCUT2D eigenvalue weighted by Crippen LogP contribution is 2.40. The maximum Gasteiger partial charge on any atom is 0.352 e. The van der Waals surface area contributed by atoms with Gasteiger partial charge in [0.15, 0.2) is 9.84 Å².